The van der Waals surface area contributed by atoms with E-state index in [2.05, 4.69) is 17.2 Å². The van der Waals surface area contributed by atoms with Crippen LogP contribution in [0.3, 0.4) is 0 Å². The first-order chi connectivity index (χ1) is 10.7. The number of aromatic nitrogens is 1. The Balaban J connectivity index is 1.92. The summed E-state index contributed by atoms with van der Waals surface area (Å²) in [6, 6.07) is 5.14. The topological polar surface area (TPSA) is 42.0 Å². The van der Waals surface area contributed by atoms with Crippen molar-refractivity contribution in [2.24, 2.45) is 0 Å². The first-order valence-corrected chi connectivity index (χ1v) is 7.40. The molecule has 3 nitrogen and oxygen atoms in total. The second-order valence-corrected chi connectivity index (χ2v) is 5.34. The Kier molecular flexibility index (Phi) is 4.00. The largest absolute Gasteiger partial charge is 0.326 e. The molecule has 0 saturated carbocycles. The van der Waals surface area contributed by atoms with Crippen LogP contribution in [-0.2, 0) is 17.6 Å². The fourth-order valence-corrected chi connectivity index (χ4v) is 2.62. The van der Waals surface area contributed by atoms with E-state index in [9.17, 15) is 9.18 Å². The average molecular weight is 296 g/mol. The number of pyridine rings is 1. The molecule has 0 bridgehead atoms. The molecule has 1 aliphatic heterocycles. The minimum Gasteiger partial charge on any atom is -0.326 e. The van der Waals surface area contributed by atoms with Crippen LogP contribution >= 0.6 is 0 Å². The van der Waals surface area contributed by atoms with Gasteiger partial charge in [-0.3, -0.25) is 9.78 Å². The van der Waals surface area contributed by atoms with Crippen LogP contribution in [-0.4, -0.2) is 10.9 Å². The fraction of sp³-hybridized carbons (Fsp3) is 0.222. The van der Waals surface area contributed by atoms with Crippen molar-refractivity contribution in [2.45, 2.75) is 26.2 Å². The van der Waals surface area contributed by atoms with Gasteiger partial charge < -0.3 is 5.32 Å². The summed E-state index contributed by atoms with van der Waals surface area (Å²) in [5.74, 6) is -0.385. The number of carbonyl (C=O) groups is 1. The number of halogens is 1. The Morgan fingerprint density at radius 1 is 1.27 bits per heavy atom. The molecule has 1 N–H and O–H groups in total. The first kappa shape index (κ1) is 14.4. The average Bonchev–Trinajstić information content (AvgIpc) is 2.53. The van der Waals surface area contributed by atoms with Crippen molar-refractivity contribution in [3.8, 4) is 0 Å². The van der Waals surface area contributed by atoms with Gasteiger partial charge in [0, 0.05) is 30.1 Å². The molecule has 4 heteroatoms. The molecule has 1 aliphatic rings. The summed E-state index contributed by atoms with van der Waals surface area (Å²) in [7, 11) is 0. The van der Waals surface area contributed by atoms with Crippen molar-refractivity contribution in [2.75, 3.05) is 5.32 Å². The molecule has 22 heavy (non-hydrogen) atoms. The number of carbonyl (C=O) groups excluding carboxylic acids is 1. The molecule has 1 aromatic heterocycles. The molecule has 0 spiro atoms. The molecular formula is C18H17FN2O. The van der Waals surface area contributed by atoms with Gasteiger partial charge in [0.2, 0.25) is 5.91 Å². The van der Waals surface area contributed by atoms with Gasteiger partial charge in [0.25, 0.3) is 0 Å². The Morgan fingerprint density at radius 3 is 2.91 bits per heavy atom. The highest BCUT2D eigenvalue weighted by Gasteiger charge is 2.16. The van der Waals surface area contributed by atoms with Crippen LogP contribution in [0.25, 0.3) is 12.2 Å². The Hall–Kier alpha value is -2.49. The van der Waals surface area contributed by atoms with E-state index in [1.165, 1.54) is 6.07 Å². The molecule has 2 heterocycles. The second-order valence-electron chi connectivity index (χ2n) is 5.34. The van der Waals surface area contributed by atoms with E-state index < -0.39 is 0 Å². The maximum absolute atomic E-state index is 14.2. The van der Waals surface area contributed by atoms with Crippen molar-refractivity contribution in [3.63, 3.8) is 0 Å². The zero-order valence-electron chi connectivity index (χ0n) is 12.4. The van der Waals surface area contributed by atoms with Gasteiger partial charge in [0.05, 0.1) is 0 Å². The molecule has 112 valence electrons. The van der Waals surface area contributed by atoms with E-state index in [0.29, 0.717) is 24.1 Å². The van der Waals surface area contributed by atoms with E-state index in [4.69, 9.17) is 0 Å². The Labute approximate surface area is 128 Å². The van der Waals surface area contributed by atoms with Gasteiger partial charge in [-0.15, -0.1) is 0 Å². The quantitative estimate of drug-likeness (QED) is 0.935. The lowest BCUT2D eigenvalue weighted by Crippen LogP contribution is -2.19. The van der Waals surface area contributed by atoms with Gasteiger partial charge in [0.15, 0.2) is 0 Å². The molecule has 1 amide bonds. The zero-order chi connectivity index (χ0) is 15.5. The monoisotopic (exact) mass is 296 g/mol. The normalized spacial score (nSPS) is 14.0. The number of anilines is 1. The summed E-state index contributed by atoms with van der Waals surface area (Å²) in [6.45, 7) is 2.07. The molecule has 0 unspecified atom stereocenters. The highest BCUT2D eigenvalue weighted by Crippen LogP contribution is 2.27. The van der Waals surface area contributed by atoms with Crippen LogP contribution < -0.4 is 5.32 Å². The second kappa shape index (κ2) is 6.10. The minimum atomic E-state index is -0.329. The molecule has 0 fully saturated rings. The van der Waals surface area contributed by atoms with E-state index in [0.717, 1.165) is 23.1 Å². The van der Waals surface area contributed by atoms with Crippen molar-refractivity contribution in [1.82, 2.24) is 4.98 Å². The Morgan fingerprint density at radius 2 is 2.09 bits per heavy atom. The van der Waals surface area contributed by atoms with Gasteiger partial charge in [-0.05, 0) is 47.7 Å². The van der Waals surface area contributed by atoms with Crippen molar-refractivity contribution in [1.29, 1.82) is 0 Å². The molecule has 1 aromatic carbocycles. The lowest BCUT2D eigenvalue weighted by atomic mass is 9.99. The number of hydrogen-bond donors (Lipinski definition) is 1. The minimum absolute atomic E-state index is 0.0560. The third kappa shape index (κ3) is 2.91. The molecule has 0 atom stereocenters. The highest BCUT2D eigenvalue weighted by molar-refractivity contribution is 5.94. The van der Waals surface area contributed by atoms with Gasteiger partial charge in [-0.1, -0.05) is 19.1 Å². The summed E-state index contributed by atoms with van der Waals surface area (Å²) in [4.78, 5) is 15.5. The smallest absolute Gasteiger partial charge is 0.224 e. The third-order valence-corrected chi connectivity index (χ3v) is 3.88. The van der Waals surface area contributed by atoms with Gasteiger partial charge in [0.1, 0.15) is 5.82 Å². The predicted octanol–water partition coefficient (Wildman–Crippen LogP) is 3.84. The van der Waals surface area contributed by atoms with Gasteiger partial charge in [-0.2, -0.15) is 0 Å². The predicted molar refractivity (Wildman–Crippen MR) is 85.9 cm³/mol. The summed E-state index contributed by atoms with van der Waals surface area (Å²) >= 11 is 0. The number of nitrogens with one attached hydrogen (secondary N) is 1. The van der Waals surface area contributed by atoms with E-state index >= 15 is 0 Å². The number of rotatable bonds is 3. The molecule has 2 aromatic rings. The number of aryl methyl sites for hydroxylation is 2. The summed E-state index contributed by atoms with van der Waals surface area (Å²) < 4.78 is 14.2. The van der Waals surface area contributed by atoms with Crippen molar-refractivity contribution >= 4 is 23.7 Å². The highest BCUT2D eigenvalue weighted by atomic mass is 19.1. The summed E-state index contributed by atoms with van der Waals surface area (Å²) in [6.07, 6.45) is 9.24. The van der Waals surface area contributed by atoms with Crippen LogP contribution in [0.4, 0.5) is 10.1 Å². The van der Waals surface area contributed by atoms with Crippen LogP contribution in [0.2, 0.25) is 0 Å². The van der Waals surface area contributed by atoms with Crippen LogP contribution in [0, 0.1) is 5.82 Å². The molecular weight excluding hydrogens is 279 g/mol. The molecule has 3 rings (SSSR count). The van der Waals surface area contributed by atoms with Gasteiger partial charge in [-0.25, -0.2) is 4.39 Å². The fourth-order valence-electron chi connectivity index (χ4n) is 2.62. The number of nitrogens with zero attached hydrogens (tertiary/aromatic N) is 1. The summed E-state index contributed by atoms with van der Waals surface area (Å²) in [5, 5.41) is 2.71. The first-order valence-electron chi connectivity index (χ1n) is 7.40. The summed E-state index contributed by atoms with van der Waals surface area (Å²) in [5.41, 5.74) is 4.27. The number of fused-ring (bicyclic) bond motifs is 1. The number of hydrogen-bond acceptors (Lipinski definition) is 2. The van der Waals surface area contributed by atoms with E-state index in [1.807, 2.05) is 24.4 Å². The lowest BCUT2D eigenvalue weighted by molar-refractivity contribution is -0.116. The van der Waals surface area contributed by atoms with E-state index in [1.54, 1.807) is 12.3 Å². The molecule has 0 aliphatic carbocycles. The zero-order valence-corrected chi connectivity index (χ0v) is 12.4. The molecule has 0 saturated heterocycles. The molecule has 0 radical (unpaired) electrons. The van der Waals surface area contributed by atoms with Gasteiger partial charge >= 0.3 is 0 Å². The standard InChI is InChI=1S/C18H17FN2O/c1-2-12-11-20-8-7-13(12)3-4-14-9-15-5-6-18(22)21-17(15)10-16(14)19/h3-4,7-11H,2,5-6H2,1H3,(H,21,22)/b4-3+. The lowest BCUT2D eigenvalue weighted by Gasteiger charge is -2.17. The van der Waals surface area contributed by atoms with Crippen LogP contribution in [0.15, 0.2) is 30.6 Å². The third-order valence-electron chi connectivity index (χ3n) is 3.88. The maximum atomic E-state index is 14.2. The number of amides is 1. The van der Waals surface area contributed by atoms with Crippen molar-refractivity contribution in [3.05, 3.63) is 58.7 Å². The van der Waals surface area contributed by atoms with Crippen molar-refractivity contribution < 1.29 is 9.18 Å². The van der Waals surface area contributed by atoms with Crippen LogP contribution in [0.1, 0.15) is 35.6 Å². The van der Waals surface area contributed by atoms with E-state index in [-0.39, 0.29) is 11.7 Å². The number of benzene rings is 1. The Bertz CT molecular complexity index is 753. The maximum Gasteiger partial charge on any atom is 0.224 e. The van der Waals surface area contributed by atoms with Crippen LogP contribution in [0.5, 0.6) is 0 Å². The SMILES string of the molecule is CCc1cnccc1/C=C/c1cc2c(cc1F)NC(=O)CC2.